The molecule has 16 heavy (non-hydrogen) atoms. The van der Waals surface area contributed by atoms with Gasteiger partial charge in [0.05, 0.1) is 6.20 Å². The van der Waals surface area contributed by atoms with Crippen LogP contribution in [-0.2, 0) is 0 Å². The van der Waals surface area contributed by atoms with E-state index in [9.17, 15) is 9.50 Å². The Bertz CT molecular complexity index is 362. The molecule has 0 radical (unpaired) electrons. The third kappa shape index (κ3) is 2.32. The van der Waals surface area contributed by atoms with E-state index in [1.807, 2.05) is 0 Å². The molecule has 2 N–H and O–H groups in total. The summed E-state index contributed by atoms with van der Waals surface area (Å²) in [5.74, 6) is 0.0392. The SMILES string of the molecule is OCC1CCC(c2cc(O)ncc2F)CC1. The third-order valence-corrected chi connectivity index (χ3v) is 3.42. The molecule has 0 atom stereocenters. The van der Waals surface area contributed by atoms with Crippen molar-refractivity contribution in [3.63, 3.8) is 0 Å². The van der Waals surface area contributed by atoms with Crippen LogP contribution in [-0.4, -0.2) is 21.8 Å². The van der Waals surface area contributed by atoms with Crippen LogP contribution in [0.1, 0.15) is 37.2 Å². The van der Waals surface area contributed by atoms with Gasteiger partial charge in [-0.1, -0.05) is 0 Å². The van der Waals surface area contributed by atoms with Crippen LogP contribution in [0.4, 0.5) is 4.39 Å². The molecular weight excluding hydrogens is 209 g/mol. The molecule has 0 unspecified atom stereocenters. The molecule has 0 bridgehead atoms. The maximum atomic E-state index is 13.5. The van der Waals surface area contributed by atoms with Gasteiger partial charge in [-0.05, 0) is 43.1 Å². The Kier molecular flexibility index (Phi) is 3.39. The highest BCUT2D eigenvalue weighted by atomic mass is 19.1. The fraction of sp³-hybridized carbons (Fsp3) is 0.583. The smallest absolute Gasteiger partial charge is 0.211 e. The lowest BCUT2D eigenvalue weighted by molar-refractivity contribution is 0.181. The van der Waals surface area contributed by atoms with Crippen molar-refractivity contribution in [1.29, 1.82) is 0 Å². The van der Waals surface area contributed by atoms with Gasteiger partial charge in [0, 0.05) is 12.7 Å². The molecule has 1 aliphatic carbocycles. The predicted octanol–water partition coefficient (Wildman–Crippen LogP) is 2.19. The van der Waals surface area contributed by atoms with Gasteiger partial charge < -0.3 is 10.2 Å². The normalized spacial score (nSPS) is 25.6. The fourth-order valence-corrected chi connectivity index (χ4v) is 2.41. The van der Waals surface area contributed by atoms with Gasteiger partial charge in [0.2, 0.25) is 5.88 Å². The molecule has 1 aromatic rings. The Labute approximate surface area is 94.0 Å². The van der Waals surface area contributed by atoms with E-state index in [1.165, 1.54) is 6.07 Å². The molecule has 1 fully saturated rings. The van der Waals surface area contributed by atoms with Crippen molar-refractivity contribution in [3.8, 4) is 5.88 Å². The summed E-state index contributed by atoms with van der Waals surface area (Å²) in [6.45, 7) is 0.219. The summed E-state index contributed by atoms with van der Waals surface area (Å²) in [5, 5.41) is 18.3. The van der Waals surface area contributed by atoms with Crippen molar-refractivity contribution in [2.45, 2.75) is 31.6 Å². The van der Waals surface area contributed by atoms with Crippen molar-refractivity contribution in [2.24, 2.45) is 5.92 Å². The topological polar surface area (TPSA) is 53.4 Å². The van der Waals surface area contributed by atoms with Crippen LogP contribution in [0.25, 0.3) is 0 Å². The summed E-state index contributed by atoms with van der Waals surface area (Å²) >= 11 is 0. The van der Waals surface area contributed by atoms with Crippen LogP contribution in [0.2, 0.25) is 0 Å². The van der Waals surface area contributed by atoms with E-state index in [4.69, 9.17) is 5.11 Å². The second-order valence-electron chi connectivity index (χ2n) is 4.46. The number of aliphatic hydroxyl groups excluding tert-OH is 1. The number of hydrogen-bond acceptors (Lipinski definition) is 3. The van der Waals surface area contributed by atoms with Crippen LogP contribution >= 0.6 is 0 Å². The number of aromatic nitrogens is 1. The highest BCUT2D eigenvalue weighted by molar-refractivity contribution is 5.25. The predicted molar refractivity (Wildman–Crippen MR) is 57.6 cm³/mol. The van der Waals surface area contributed by atoms with Crippen LogP contribution in [0, 0.1) is 11.7 Å². The van der Waals surface area contributed by atoms with E-state index in [2.05, 4.69) is 4.98 Å². The van der Waals surface area contributed by atoms with Crippen LogP contribution in [0.5, 0.6) is 5.88 Å². The number of pyridine rings is 1. The number of aromatic hydroxyl groups is 1. The molecule has 2 rings (SSSR count). The zero-order chi connectivity index (χ0) is 11.5. The zero-order valence-electron chi connectivity index (χ0n) is 9.06. The quantitative estimate of drug-likeness (QED) is 0.811. The minimum atomic E-state index is -0.342. The van der Waals surface area contributed by atoms with Crippen LogP contribution in [0.3, 0.4) is 0 Å². The Morgan fingerprint density at radius 2 is 2.00 bits per heavy atom. The molecule has 1 aliphatic rings. The largest absolute Gasteiger partial charge is 0.493 e. The Morgan fingerprint density at radius 3 is 2.62 bits per heavy atom. The summed E-state index contributed by atoms with van der Waals surface area (Å²) < 4.78 is 13.5. The van der Waals surface area contributed by atoms with Crippen LogP contribution < -0.4 is 0 Å². The summed E-state index contributed by atoms with van der Waals surface area (Å²) in [5.41, 5.74) is 0.559. The molecule has 3 nitrogen and oxygen atoms in total. The maximum Gasteiger partial charge on any atom is 0.211 e. The molecule has 0 saturated heterocycles. The molecule has 1 aromatic heterocycles. The van der Waals surface area contributed by atoms with E-state index >= 15 is 0 Å². The Morgan fingerprint density at radius 1 is 1.31 bits per heavy atom. The Hall–Kier alpha value is -1.16. The molecular formula is C12H16FNO2. The molecule has 4 heteroatoms. The molecule has 1 heterocycles. The first-order valence-electron chi connectivity index (χ1n) is 5.66. The van der Waals surface area contributed by atoms with Gasteiger partial charge in [-0.25, -0.2) is 9.37 Å². The molecule has 0 aliphatic heterocycles. The van der Waals surface area contributed by atoms with Gasteiger partial charge >= 0.3 is 0 Å². The lowest BCUT2D eigenvalue weighted by Gasteiger charge is -2.27. The van der Waals surface area contributed by atoms with E-state index < -0.39 is 0 Å². The van der Waals surface area contributed by atoms with Gasteiger partial charge in [0.1, 0.15) is 5.82 Å². The first kappa shape index (κ1) is 11.3. The fourth-order valence-electron chi connectivity index (χ4n) is 2.41. The third-order valence-electron chi connectivity index (χ3n) is 3.42. The van der Waals surface area contributed by atoms with Crippen molar-refractivity contribution in [1.82, 2.24) is 4.98 Å². The zero-order valence-corrected chi connectivity index (χ0v) is 9.06. The Balaban J connectivity index is 2.10. The van der Waals surface area contributed by atoms with Gasteiger partial charge in [-0.15, -0.1) is 0 Å². The highest BCUT2D eigenvalue weighted by Crippen LogP contribution is 2.37. The lowest BCUT2D eigenvalue weighted by Crippen LogP contribution is -2.16. The van der Waals surface area contributed by atoms with E-state index in [-0.39, 0.29) is 24.2 Å². The van der Waals surface area contributed by atoms with Crippen molar-refractivity contribution < 1.29 is 14.6 Å². The summed E-state index contributed by atoms with van der Waals surface area (Å²) in [4.78, 5) is 3.51. The van der Waals surface area contributed by atoms with Crippen molar-refractivity contribution in [2.75, 3.05) is 6.61 Å². The monoisotopic (exact) mass is 225 g/mol. The van der Waals surface area contributed by atoms with Gasteiger partial charge in [-0.3, -0.25) is 0 Å². The van der Waals surface area contributed by atoms with Gasteiger partial charge in [0.25, 0.3) is 0 Å². The van der Waals surface area contributed by atoms with E-state index in [0.29, 0.717) is 11.5 Å². The average Bonchev–Trinajstić information content (AvgIpc) is 2.32. The molecule has 0 spiro atoms. The van der Waals surface area contributed by atoms with Crippen molar-refractivity contribution in [3.05, 3.63) is 23.6 Å². The second-order valence-corrected chi connectivity index (χ2v) is 4.46. The number of nitrogens with zero attached hydrogens (tertiary/aromatic N) is 1. The average molecular weight is 225 g/mol. The summed E-state index contributed by atoms with van der Waals surface area (Å²) in [6, 6.07) is 1.42. The first-order valence-corrected chi connectivity index (χ1v) is 5.66. The highest BCUT2D eigenvalue weighted by Gasteiger charge is 2.24. The van der Waals surface area contributed by atoms with Crippen molar-refractivity contribution >= 4 is 0 Å². The van der Waals surface area contributed by atoms with E-state index in [0.717, 1.165) is 31.9 Å². The lowest BCUT2D eigenvalue weighted by atomic mass is 9.79. The molecule has 0 aromatic carbocycles. The first-order chi connectivity index (χ1) is 7.70. The molecule has 88 valence electrons. The van der Waals surface area contributed by atoms with E-state index in [1.54, 1.807) is 0 Å². The minimum Gasteiger partial charge on any atom is -0.493 e. The summed E-state index contributed by atoms with van der Waals surface area (Å²) in [6.07, 6.45) is 4.65. The van der Waals surface area contributed by atoms with Crippen LogP contribution in [0.15, 0.2) is 12.3 Å². The summed E-state index contributed by atoms with van der Waals surface area (Å²) in [7, 11) is 0. The minimum absolute atomic E-state index is 0.124. The molecule has 1 saturated carbocycles. The number of hydrogen-bond donors (Lipinski definition) is 2. The number of aliphatic hydroxyl groups is 1. The second kappa shape index (κ2) is 4.78. The standard InChI is InChI=1S/C12H16FNO2/c13-11-6-14-12(16)5-10(11)9-3-1-8(7-15)2-4-9/h5-6,8-9,15H,1-4,7H2,(H,14,16). The maximum absolute atomic E-state index is 13.5. The molecule has 0 amide bonds. The van der Waals surface area contributed by atoms with Gasteiger partial charge in [-0.2, -0.15) is 0 Å². The van der Waals surface area contributed by atoms with Gasteiger partial charge in [0.15, 0.2) is 0 Å². The number of rotatable bonds is 2. The number of halogens is 1.